The second kappa shape index (κ2) is 6.81. The number of hydrogen-bond donors (Lipinski definition) is 1. The number of rotatable bonds is 5. The third-order valence-corrected chi connectivity index (χ3v) is 3.18. The highest BCUT2D eigenvalue weighted by molar-refractivity contribution is 9.10. The van der Waals surface area contributed by atoms with Crippen molar-refractivity contribution in [2.45, 2.75) is 26.2 Å². The molecule has 0 spiro atoms. The van der Waals surface area contributed by atoms with Crippen LogP contribution in [0.25, 0.3) is 0 Å². The Morgan fingerprint density at radius 2 is 2.00 bits per heavy atom. The molecule has 2 aromatic rings. The van der Waals surface area contributed by atoms with Crippen molar-refractivity contribution in [1.29, 1.82) is 0 Å². The van der Waals surface area contributed by atoms with Gasteiger partial charge in [-0.3, -0.25) is 0 Å². The molecule has 4 nitrogen and oxygen atoms in total. The van der Waals surface area contributed by atoms with Crippen molar-refractivity contribution in [3.05, 3.63) is 46.3 Å². The first-order chi connectivity index (χ1) is 9.60. The standard InChI is InChI=1S/C15H17BrN2O2/c1-10(2)15-17-13(16)9-14(18-15)20-12-6-4-3-5-11(12)7-8-19/h3-6,9-10,19H,7-8H2,1-2H3. The van der Waals surface area contributed by atoms with Gasteiger partial charge in [0.25, 0.3) is 0 Å². The summed E-state index contributed by atoms with van der Waals surface area (Å²) in [6.07, 6.45) is 0.555. The van der Waals surface area contributed by atoms with Gasteiger partial charge in [-0.2, -0.15) is 4.98 Å². The van der Waals surface area contributed by atoms with Crippen LogP contribution in [0.2, 0.25) is 0 Å². The molecule has 1 aromatic carbocycles. The number of aliphatic hydroxyl groups excluding tert-OH is 1. The molecule has 0 saturated heterocycles. The summed E-state index contributed by atoms with van der Waals surface area (Å²) in [5.74, 6) is 2.17. The van der Waals surface area contributed by atoms with Gasteiger partial charge in [-0.25, -0.2) is 4.98 Å². The van der Waals surface area contributed by atoms with Crippen LogP contribution in [-0.4, -0.2) is 21.7 Å². The molecule has 0 fully saturated rings. The fourth-order valence-corrected chi connectivity index (χ4v) is 2.14. The van der Waals surface area contributed by atoms with E-state index in [0.717, 1.165) is 11.4 Å². The first kappa shape index (κ1) is 14.9. The SMILES string of the molecule is CC(C)c1nc(Br)cc(Oc2ccccc2CCO)n1. The van der Waals surface area contributed by atoms with Crippen molar-refractivity contribution in [2.24, 2.45) is 0 Å². The van der Waals surface area contributed by atoms with Crippen LogP contribution >= 0.6 is 15.9 Å². The Morgan fingerprint density at radius 3 is 2.70 bits per heavy atom. The normalized spacial score (nSPS) is 10.8. The molecular formula is C15H17BrN2O2. The summed E-state index contributed by atoms with van der Waals surface area (Å²) in [6, 6.07) is 9.37. The molecule has 20 heavy (non-hydrogen) atoms. The second-order valence-electron chi connectivity index (χ2n) is 4.73. The summed E-state index contributed by atoms with van der Waals surface area (Å²) in [7, 11) is 0. The first-order valence-electron chi connectivity index (χ1n) is 6.51. The van der Waals surface area contributed by atoms with E-state index in [1.54, 1.807) is 6.07 Å². The number of halogens is 1. The Bertz CT molecular complexity index is 588. The topological polar surface area (TPSA) is 55.2 Å². The minimum atomic E-state index is 0.0884. The average Bonchev–Trinajstić information content (AvgIpc) is 2.40. The van der Waals surface area contributed by atoms with E-state index in [2.05, 4.69) is 25.9 Å². The number of aliphatic hydroxyl groups is 1. The van der Waals surface area contributed by atoms with Crippen LogP contribution in [0, 0.1) is 0 Å². The van der Waals surface area contributed by atoms with E-state index in [4.69, 9.17) is 9.84 Å². The first-order valence-corrected chi connectivity index (χ1v) is 7.30. The zero-order valence-electron chi connectivity index (χ0n) is 11.5. The molecule has 0 bridgehead atoms. The lowest BCUT2D eigenvalue weighted by molar-refractivity contribution is 0.297. The lowest BCUT2D eigenvalue weighted by atomic mass is 10.1. The van der Waals surface area contributed by atoms with Crippen molar-refractivity contribution in [3.8, 4) is 11.6 Å². The average molecular weight is 337 g/mol. The van der Waals surface area contributed by atoms with E-state index >= 15 is 0 Å². The Morgan fingerprint density at radius 1 is 1.25 bits per heavy atom. The van der Waals surface area contributed by atoms with Crippen LogP contribution in [0.1, 0.15) is 31.2 Å². The summed E-state index contributed by atoms with van der Waals surface area (Å²) in [5, 5.41) is 9.08. The molecule has 0 aliphatic heterocycles. The van der Waals surface area contributed by atoms with Crippen molar-refractivity contribution in [3.63, 3.8) is 0 Å². The Hall–Kier alpha value is -1.46. The zero-order valence-corrected chi connectivity index (χ0v) is 13.1. The molecule has 0 amide bonds. The quantitative estimate of drug-likeness (QED) is 0.846. The van der Waals surface area contributed by atoms with Crippen molar-refractivity contribution < 1.29 is 9.84 Å². The number of ether oxygens (including phenoxy) is 1. The number of benzene rings is 1. The third-order valence-electron chi connectivity index (χ3n) is 2.77. The van der Waals surface area contributed by atoms with Crippen molar-refractivity contribution in [1.82, 2.24) is 9.97 Å². The zero-order chi connectivity index (χ0) is 14.5. The summed E-state index contributed by atoms with van der Waals surface area (Å²) >= 11 is 3.37. The number of para-hydroxylation sites is 1. The molecule has 5 heteroatoms. The van der Waals surface area contributed by atoms with Crippen LogP contribution in [0.15, 0.2) is 34.9 Å². The van der Waals surface area contributed by atoms with Crippen LogP contribution in [0.3, 0.4) is 0 Å². The highest BCUT2D eigenvalue weighted by Gasteiger charge is 2.10. The maximum atomic E-state index is 9.08. The highest BCUT2D eigenvalue weighted by atomic mass is 79.9. The molecule has 1 heterocycles. The molecule has 106 valence electrons. The number of nitrogens with zero attached hydrogens (tertiary/aromatic N) is 2. The molecule has 0 saturated carbocycles. The monoisotopic (exact) mass is 336 g/mol. The van der Waals surface area contributed by atoms with Crippen molar-refractivity contribution >= 4 is 15.9 Å². The molecule has 0 aliphatic rings. The van der Waals surface area contributed by atoms with E-state index in [1.165, 1.54) is 0 Å². The van der Waals surface area contributed by atoms with Gasteiger partial charge in [-0.15, -0.1) is 0 Å². The van der Waals surface area contributed by atoms with Crippen LogP contribution in [0.5, 0.6) is 11.6 Å². The fourth-order valence-electron chi connectivity index (χ4n) is 1.77. The minimum Gasteiger partial charge on any atom is -0.439 e. The van der Waals surface area contributed by atoms with Gasteiger partial charge in [-0.05, 0) is 34.0 Å². The van der Waals surface area contributed by atoms with Crippen LogP contribution in [0.4, 0.5) is 0 Å². The Balaban J connectivity index is 2.30. The van der Waals surface area contributed by atoms with Gasteiger partial charge in [-0.1, -0.05) is 32.0 Å². The van der Waals surface area contributed by atoms with E-state index in [1.807, 2.05) is 38.1 Å². The van der Waals surface area contributed by atoms with Gasteiger partial charge in [0.2, 0.25) is 5.88 Å². The van der Waals surface area contributed by atoms with E-state index in [0.29, 0.717) is 22.7 Å². The lowest BCUT2D eigenvalue weighted by Crippen LogP contribution is -2.01. The van der Waals surface area contributed by atoms with Gasteiger partial charge in [0, 0.05) is 18.6 Å². The largest absolute Gasteiger partial charge is 0.439 e. The maximum Gasteiger partial charge on any atom is 0.223 e. The third kappa shape index (κ3) is 3.77. The molecule has 0 unspecified atom stereocenters. The van der Waals surface area contributed by atoms with Crippen LogP contribution in [-0.2, 0) is 6.42 Å². The van der Waals surface area contributed by atoms with Gasteiger partial charge in [0.05, 0.1) is 0 Å². The van der Waals surface area contributed by atoms with E-state index in [-0.39, 0.29) is 12.5 Å². The maximum absolute atomic E-state index is 9.08. The van der Waals surface area contributed by atoms with Gasteiger partial charge in [0.15, 0.2) is 0 Å². The lowest BCUT2D eigenvalue weighted by Gasteiger charge is -2.11. The molecule has 1 N–H and O–H groups in total. The number of hydrogen-bond acceptors (Lipinski definition) is 4. The molecule has 1 aromatic heterocycles. The predicted octanol–water partition coefficient (Wildman–Crippen LogP) is 3.69. The summed E-state index contributed by atoms with van der Waals surface area (Å²) in [6.45, 7) is 4.15. The van der Waals surface area contributed by atoms with Crippen LogP contribution < -0.4 is 4.74 Å². The molecule has 0 aliphatic carbocycles. The van der Waals surface area contributed by atoms with Gasteiger partial charge >= 0.3 is 0 Å². The smallest absolute Gasteiger partial charge is 0.223 e. The second-order valence-corrected chi connectivity index (χ2v) is 5.54. The fraction of sp³-hybridized carbons (Fsp3) is 0.333. The highest BCUT2D eigenvalue weighted by Crippen LogP contribution is 2.27. The summed E-state index contributed by atoms with van der Waals surface area (Å²) < 4.78 is 6.54. The molecular weight excluding hydrogens is 320 g/mol. The van der Waals surface area contributed by atoms with Gasteiger partial charge < -0.3 is 9.84 Å². The summed E-state index contributed by atoms with van der Waals surface area (Å²) in [4.78, 5) is 8.72. The molecule has 2 rings (SSSR count). The predicted molar refractivity (Wildman–Crippen MR) is 81.1 cm³/mol. The van der Waals surface area contributed by atoms with E-state index < -0.39 is 0 Å². The van der Waals surface area contributed by atoms with E-state index in [9.17, 15) is 0 Å². The van der Waals surface area contributed by atoms with Crippen molar-refractivity contribution in [2.75, 3.05) is 6.61 Å². The molecule has 0 atom stereocenters. The summed E-state index contributed by atoms with van der Waals surface area (Å²) in [5.41, 5.74) is 0.954. The minimum absolute atomic E-state index is 0.0884. The van der Waals surface area contributed by atoms with Gasteiger partial charge in [0.1, 0.15) is 16.2 Å². The molecule has 0 radical (unpaired) electrons. The Kier molecular flexibility index (Phi) is 5.09. The number of aromatic nitrogens is 2. The Labute approximate surface area is 127 Å².